The Morgan fingerprint density at radius 1 is 1.07 bits per heavy atom. The molecule has 1 atom stereocenters. The second kappa shape index (κ2) is 8.89. The van der Waals surface area contributed by atoms with Crippen LogP contribution in [-0.2, 0) is 14.3 Å². The van der Waals surface area contributed by atoms with Gasteiger partial charge in [-0.25, -0.2) is 4.79 Å². The zero-order chi connectivity index (χ0) is 20.9. The van der Waals surface area contributed by atoms with Crippen LogP contribution in [0.25, 0.3) is 0 Å². The number of nitrogens with one attached hydrogen (secondary N) is 1. The van der Waals surface area contributed by atoms with Gasteiger partial charge >= 0.3 is 5.97 Å². The second-order valence-corrected chi connectivity index (χ2v) is 7.18. The molecule has 0 saturated heterocycles. The summed E-state index contributed by atoms with van der Waals surface area (Å²) < 4.78 is 10.9. The molecule has 0 aliphatic heterocycles. The fourth-order valence-corrected chi connectivity index (χ4v) is 2.38. The van der Waals surface area contributed by atoms with E-state index >= 15 is 0 Å². The number of halogens is 1. The summed E-state index contributed by atoms with van der Waals surface area (Å²) in [6, 6.07) is 13.1. The molecule has 148 valence electrons. The third-order valence-corrected chi connectivity index (χ3v) is 4.12. The van der Waals surface area contributed by atoms with E-state index in [2.05, 4.69) is 5.32 Å². The van der Waals surface area contributed by atoms with Crippen LogP contribution in [0.2, 0.25) is 5.02 Å². The molecule has 0 saturated carbocycles. The van der Waals surface area contributed by atoms with E-state index in [-0.39, 0.29) is 5.78 Å². The Morgan fingerprint density at radius 2 is 1.71 bits per heavy atom. The van der Waals surface area contributed by atoms with Gasteiger partial charge in [0.15, 0.2) is 17.5 Å². The van der Waals surface area contributed by atoms with E-state index in [0.29, 0.717) is 22.0 Å². The maximum atomic E-state index is 12.4. The molecule has 2 aromatic rings. The van der Waals surface area contributed by atoms with Gasteiger partial charge in [-0.2, -0.15) is 0 Å². The normalized spacial score (nSPS) is 12.0. The average Bonchev–Trinajstić information content (AvgIpc) is 2.63. The Labute approximate surface area is 168 Å². The van der Waals surface area contributed by atoms with Crippen LogP contribution in [-0.4, -0.2) is 29.4 Å². The van der Waals surface area contributed by atoms with E-state index in [9.17, 15) is 14.4 Å². The molecule has 1 N–H and O–H groups in total. The van der Waals surface area contributed by atoms with Crippen molar-refractivity contribution in [1.29, 1.82) is 0 Å². The van der Waals surface area contributed by atoms with Gasteiger partial charge in [0.2, 0.25) is 0 Å². The number of hydrogen-bond donors (Lipinski definition) is 1. The molecule has 0 fully saturated rings. The first-order valence-electron chi connectivity index (χ1n) is 8.66. The van der Waals surface area contributed by atoms with Crippen LogP contribution in [0.1, 0.15) is 38.1 Å². The molecule has 28 heavy (non-hydrogen) atoms. The number of amides is 1. The first kappa shape index (κ1) is 21.4. The lowest BCUT2D eigenvalue weighted by atomic mass is 10.1. The minimum atomic E-state index is -1.31. The van der Waals surface area contributed by atoms with Crippen molar-refractivity contribution in [1.82, 2.24) is 0 Å². The Kier molecular flexibility index (Phi) is 6.80. The third-order valence-electron chi connectivity index (χ3n) is 3.87. The summed E-state index contributed by atoms with van der Waals surface area (Å²) in [7, 11) is 0. The van der Waals surface area contributed by atoms with E-state index in [1.54, 1.807) is 62.4 Å². The standard InChI is InChI=1S/C21H22ClNO5/c1-13(24)15-6-5-7-17(12-15)23-19(25)14(2)27-20(26)21(3,4)28-18-10-8-16(22)9-11-18/h5-12,14H,1-4H3,(H,23,25)/t14-/m0/s1. The number of anilines is 1. The highest BCUT2D eigenvalue weighted by Crippen LogP contribution is 2.22. The molecular formula is C21H22ClNO5. The summed E-state index contributed by atoms with van der Waals surface area (Å²) >= 11 is 5.83. The second-order valence-electron chi connectivity index (χ2n) is 6.74. The zero-order valence-corrected chi connectivity index (χ0v) is 16.9. The lowest BCUT2D eigenvalue weighted by Gasteiger charge is -2.26. The van der Waals surface area contributed by atoms with Crippen LogP contribution in [0.3, 0.4) is 0 Å². The molecule has 7 heteroatoms. The molecule has 2 aromatic carbocycles. The quantitative estimate of drug-likeness (QED) is 0.551. The summed E-state index contributed by atoms with van der Waals surface area (Å²) in [5.74, 6) is -0.875. The average molecular weight is 404 g/mol. The van der Waals surface area contributed by atoms with Gasteiger partial charge in [-0.15, -0.1) is 0 Å². The fraction of sp³-hybridized carbons (Fsp3) is 0.286. The highest BCUT2D eigenvalue weighted by atomic mass is 35.5. The molecular weight excluding hydrogens is 382 g/mol. The maximum Gasteiger partial charge on any atom is 0.350 e. The highest BCUT2D eigenvalue weighted by molar-refractivity contribution is 6.30. The van der Waals surface area contributed by atoms with Crippen LogP contribution in [0, 0.1) is 0 Å². The largest absolute Gasteiger partial charge is 0.476 e. The van der Waals surface area contributed by atoms with E-state index in [1.165, 1.54) is 13.8 Å². The maximum absolute atomic E-state index is 12.4. The van der Waals surface area contributed by atoms with Gasteiger partial charge in [0, 0.05) is 16.3 Å². The van der Waals surface area contributed by atoms with E-state index in [1.807, 2.05) is 0 Å². The number of carbonyl (C=O) groups excluding carboxylic acids is 3. The van der Waals surface area contributed by atoms with E-state index in [0.717, 1.165) is 0 Å². The molecule has 0 heterocycles. The van der Waals surface area contributed by atoms with Crippen molar-refractivity contribution in [2.24, 2.45) is 0 Å². The summed E-state index contributed by atoms with van der Waals surface area (Å²) in [6.07, 6.45) is -1.05. The van der Waals surface area contributed by atoms with Crippen LogP contribution < -0.4 is 10.1 Å². The van der Waals surface area contributed by atoms with Crippen molar-refractivity contribution in [3.63, 3.8) is 0 Å². The van der Waals surface area contributed by atoms with Gasteiger partial charge in [0.05, 0.1) is 0 Å². The van der Waals surface area contributed by atoms with Gasteiger partial charge < -0.3 is 14.8 Å². The Hall–Kier alpha value is -2.86. The van der Waals surface area contributed by atoms with Crippen LogP contribution in [0.5, 0.6) is 5.75 Å². The first-order chi connectivity index (χ1) is 13.1. The Bertz CT molecular complexity index is 877. The first-order valence-corrected chi connectivity index (χ1v) is 9.04. The molecule has 0 aromatic heterocycles. The van der Waals surface area contributed by atoms with Crippen LogP contribution in [0.4, 0.5) is 5.69 Å². The van der Waals surface area contributed by atoms with E-state index in [4.69, 9.17) is 21.1 Å². The van der Waals surface area contributed by atoms with Gasteiger partial charge in [-0.3, -0.25) is 9.59 Å². The number of esters is 1. The van der Waals surface area contributed by atoms with Crippen LogP contribution >= 0.6 is 11.6 Å². The molecule has 2 rings (SSSR count). The summed E-state index contributed by atoms with van der Waals surface area (Å²) in [6.45, 7) is 5.99. The van der Waals surface area contributed by atoms with Gasteiger partial charge in [0.1, 0.15) is 5.75 Å². The SMILES string of the molecule is CC(=O)c1cccc(NC(=O)[C@H](C)OC(=O)C(C)(C)Oc2ccc(Cl)cc2)c1. The van der Waals surface area contributed by atoms with Crippen molar-refractivity contribution in [2.45, 2.75) is 39.4 Å². The van der Waals surface area contributed by atoms with E-state index < -0.39 is 23.6 Å². The minimum Gasteiger partial charge on any atom is -0.476 e. The molecule has 0 bridgehead atoms. The van der Waals surface area contributed by atoms with Crippen LogP contribution in [0.15, 0.2) is 48.5 Å². The Morgan fingerprint density at radius 3 is 2.32 bits per heavy atom. The monoisotopic (exact) mass is 403 g/mol. The van der Waals surface area contributed by atoms with Gasteiger partial charge in [0.25, 0.3) is 5.91 Å². The lowest BCUT2D eigenvalue weighted by Crippen LogP contribution is -2.43. The molecule has 0 unspecified atom stereocenters. The number of rotatable bonds is 7. The third kappa shape index (κ3) is 5.82. The minimum absolute atomic E-state index is 0.114. The van der Waals surface area contributed by atoms with Crippen molar-refractivity contribution >= 4 is 34.9 Å². The summed E-state index contributed by atoms with van der Waals surface area (Å²) in [5, 5.41) is 3.17. The predicted molar refractivity (Wildman–Crippen MR) is 107 cm³/mol. The molecule has 0 spiro atoms. The zero-order valence-electron chi connectivity index (χ0n) is 16.1. The number of Topliss-reactive ketones (excluding diaryl/α,β-unsaturated/α-hetero) is 1. The van der Waals surface area contributed by atoms with Crippen molar-refractivity contribution in [3.05, 3.63) is 59.1 Å². The number of carbonyl (C=O) groups is 3. The van der Waals surface area contributed by atoms with Crippen molar-refractivity contribution < 1.29 is 23.9 Å². The van der Waals surface area contributed by atoms with Gasteiger partial charge in [-0.1, -0.05) is 23.7 Å². The van der Waals surface area contributed by atoms with Crippen molar-refractivity contribution in [2.75, 3.05) is 5.32 Å². The van der Waals surface area contributed by atoms with Gasteiger partial charge in [-0.05, 0) is 64.1 Å². The van der Waals surface area contributed by atoms with Crippen molar-refractivity contribution in [3.8, 4) is 5.75 Å². The number of ether oxygens (including phenoxy) is 2. The summed E-state index contributed by atoms with van der Waals surface area (Å²) in [5.41, 5.74) is -0.395. The number of hydrogen-bond acceptors (Lipinski definition) is 5. The lowest BCUT2D eigenvalue weighted by molar-refractivity contribution is -0.166. The Balaban J connectivity index is 1.98. The topological polar surface area (TPSA) is 81.7 Å². The molecule has 0 aliphatic rings. The number of ketones is 1. The molecule has 0 aliphatic carbocycles. The fourth-order valence-electron chi connectivity index (χ4n) is 2.25. The highest BCUT2D eigenvalue weighted by Gasteiger charge is 2.34. The smallest absolute Gasteiger partial charge is 0.350 e. The number of benzene rings is 2. The molecule has 1 amide bonds. The molecule has 6 nitrogen and oxygen atoms in total. The molecule has 0 radical (unpaired) electrons. The predicted octanol–water partition coefficient (Wildman–Crippen LogP) is 4.27. The summed E-state index contributed by atoms with van der Waals surface area (Å²) in [4.78, 5) is 36.2.